The fraction of sp³-hybridized carbons (Fsp3) is 0.208. The second-order valence-corrected chi connectivity index (χ2v) is 8.29. The van der Waals surface area contributed by atoms with Crippen molar-refractivity contribution < 1.29 is 29.0 Å². The van der Waals surface area contributed by atoms with Gasteiger partial charge in [0.2, 0.25) is 0 Å². The number of carbonyl (C=O) groups is 3. The molecule has 174 valence electrons. The van der Waals surface area contributed by atoms with Crippen LogP contribution in [0.5, 0.6) is 5.75 Å². The van der Waals surface area contributed by atoms with Crippen LogP contribution in [0.4, 0.5) is 5.13 Å². The van der Waals surface area contributed by atoms with E-state index in [1.807, 2.05) is 0 Å². The monoisotopic (exact) mass is 479 g/mol. The van der Waals surface area contributed by atoms with Crippen molar-refractivity contribution >= 4 is 39.9 Å². The largest absolute Gasteiger partial charge is 0.507 e. The van der Waals surface area contributed by atoms with Gasteiger partial charge in [-0.15, -0.1) is 0 Å². The zero-order chi connectivity index (χ0) is 24.4. The SMILES string of the molecule is CCOC(=O)c1sc(N2C(=O)C(=O)/C(=C(/O)c3cccc(OC)c3)C2c2ccncc2)nc1C. The summed E-state index contributed by atoms with van der Waals surface area (Å²) in [7, 11) is 1.49. The number of nitrogens with zero attached hydrogens (tertiary/aromatic N) is 3. The van der Waals surface area contributed by atoms with Crippen LogP contribution in [0.2, 0.25) is 0 Å². The smallest absolute Gasteiger partial charge is 0.350 e. The molecule has 1 N–H and O–H groups in total. The average Bonchev–Trinajstić information content (AvgIpc) is 3.36. The normalized spacial score (nSPS) is 17.1. The minimum Gasteiger partial charge on any atom is -0.507 e. The van der Waals surface area contributed by atoms with Crippen LogP contribution in [0, 0.1) is 6.92 Å². The fourth-order valence-electron chi connectivity index (χ4n) is 3.69. The van der Waals surface area contributed by atoms with Gasteiger partial charge in [-0.05, 0) is 43.7 Å². The Morgan fingerprint density at radius 2 is 1.94 bits per heavy atom. The second-order valence-electron chi connectivity index (χ2n) is 7.31. The zero-order valence-electron chi connectivity index (χ0n) is 18.6. The Morgan fingerprint density at radius 3 is 2.62 bits per heavy atom. The summed E-state index contributed by atoms with van der Waals surface area (Å²) in [5.74, 6) is -2.16. The summed E-state index contributed by atoms with van der Waals surface area (Å²) in [6, 6.07) is 8.87. The number of benzene rings is 1. The molecule has 3 aromatic rings. The summed E-state index contributed by atoms with van der Waals surface area (Å²) in [5, 5.41) is 11.3. The number of thiazole rings is 1. The number of methoxy groups -OCH3 is 1. The minimum atomic E-state index is -0.977. The molecule has 0 spiro atoms. The Hall–Kier alpha value is -4.05. The van der Waals surface area contributed by atoms with E-state index < -0.39 is 23.7 Å². The fourth-order valence-corrected chi connectivity index (χ4v) is 4.68. The molecule has 3 heterocycles. The molecule has 34 heavy (non-hydrogen) atoms. The van der Waals surface area contributed by atoms with E-state index in [1.165, 1.54) is 24.4 Å². The third kappa shape index (κ3) is 4.03. The molecule has 2 aromatic heterocycles. The molecule has 10 heteroatoms. The van der Waals surface area contributed by atoms with Gasteiger partial charge >= 0.3 is 11.9 Å². The van der Waals surface area contributed by atoms with Crippen molar-refractivity contribution in [1.82, 2.24) is 9.97 Å². The summed E-state index contributed by atoms with van der Waals surface area (Å²) < 4.78 is 10.3. The lowest BCUT2D eigenvalue weighted by Crippen LogP contribution is -2.29. The molecule has 0 bridgehead atoms. The predicted molar refractivity (Wildman–Crippen MR) is 125 cm³/mol. The van der Waals surface area contributed by atoms with Gasteiger partial charge in [0.1, 0.15) is 16.4 Å². The van der Waals surface area contributed by atoms with Crippen LogP contribution in [0.3, 0.4) is 0 Å². The van der Waals surface area contributed by atoms with Gasteiger partial charge < -0.3 is 14.6 Å². The molecule has 1 fully saturated rings. The van der Waals surface area contributed by atoms with Gasteiger partial charge in [-0.2, -0.15) is 0 Å². The summed E-state index contributed by atoms with van der Waals surface area (Å²) in [6.45, 7) is 3.50. The van der Waals surface area contributed by atoms with Gasteiger partial charge in [-0.1, -0.05) is 23.5 Å². The molecule has 1 unspecified atom stereocenters. The number of Topliss-reactive ketones (excluding diaryl/α,β-unsaturated/α-hetero) is 1. The van der Waals surface area contributed by atoms with Crippen molar-refractivity contribution in [3.05, 3.63) is 76.1 Å². The van der Waals surface area contributed by atoms with Crippen molar-refractivity contribution in [1.29, 1.82) is 0 Å². The highest BCUT2D eigenvalue weighted by molar-refractivity contribution is 7.17. The molecule has 1 atom stereocenters. The van der Waals surface area contributed by atoms with E-state index in [2.05, 4.69) is 9.97 Å². The summed E-state index contributed by atoms with van der Waals surface area (Å²) in [6.07, 6.45) is 3.05. The standard InChI is InChI=1S/C24H21N3O6S/c1-4-33-23(31)21-13(2)26-24(34-21)27-18(14-8-10-25-11-9-14)17(20(29)22(27)30)19(28)15-6-5-7-16(12-15)32-3/h5-12,18,28H,4H2,1-3H3/b19-17+. The number of anilines is 1. The molecule has 0 saturated carbocycles. The predicted octanol–water partition coefficient (Wildman–Crippen LogP) is 3.66. The Morgan fingerprint density at radius 1 is 1.21 bits per heavy atom. The maximum Gasteiger partial charge on any atom is 0.350 e. The Bertz CT molecular complexity index is 1300. The quantitative estimate of drug-likeness (QED) is 0.246. The lowest BCUT2D eigenvalue weighted by molar-refractivity contribution is -0.132. The maximum atomic E-state index is 13.2. The number of pyridine rings is 1. The lowest BCUT2D eigenvalue weighted by Gasteiger charge is -2.22. The molecule has 0 radical (unpaired) electrons. The van der Waals surface area contributed by atoms with E-state index in [4.69, 9.17) is 9.47 Å². The highest BCUT2D eigenvalue weighted by Gasteiger charge is 2.48. The summed E-state index contributed by atoms with van der Waals surface area (Å²) >= 11 is 0.952. The van der Waals surface area contributed by atoms with E-state index in [-0.39, 0.29) is 27.9 Å². The molecule has 0 aliphatic carbocycles. The van der Waals surface area contributed by atoms with E-state index in [0.717, 1.165) is 11.3 Å². The number of aliphatic hydroxyl groups is 1. The highest BCUT2D eigenvalue weighted by atomic mass is 32.1. The zero-order valence-corrected chi connectivity index (χ0v) is 19.5. The number of rotatable bonds is 6. The van der Waals surface area contributed by atoms with Crippen LogP contribution in [0.1, 0.15) is 39.5 Å². The Labute approximate surface area is 199 Å². The molecule has 1 aromatic carbocycles. The highest BCUT2D eigenvalue weighted by Crippen LogP contribution is 2.44. The summed E-state index contributed by atoms with van der Waals surface area (Å²) in [5.41, 5.74) is 1.14. The first-order valence-electron chi connectivity index (χ1n) is 10.4. The first-order chi connectivity index (χ1) is 16.4. The molecule has 1 amide bonds. The Kier molecular flexibility index (Phi) is 6.42. The second kappa shape index (κ2) is 9.44. The number of esters is 1. The van der Waals surface area contributed by atoms with Gasteiger partial charge in [0, 0.05) is 18.0 Å². The van der Waals surface area contributed by atoms with E-state index in [0.29, 0.717) is 22.6 Å². The topological polar surface area (TPSA) is 119 Å². The van der Waals surface area contributed by atoms with Crippen LogP contribution in [-0.2, 0) is 14.3 Å². The third-order valence-electron chi connectivity index (χ3n) is 5.26. The van der Waals surface area contributed by atoms with Crippen LogP contribution >= 0.6 is 11.3 Å². The molecule has 1 aliphatic heterocycles. The van der Waals surface area contributed by atoms with E-state index in [9.17, 15) is 19.5 Å². The third-order valence-corrected chi connectivity index (χ3v) is 6.40. The van der Waals surface area contributed by atoms with Crippen molar-refractivity contribution in [2.45, 2.75) is 19.9 Å². The van der Waals surface area contributed by atoms with E-state index >= 15 is 0 Å². The minimum absolute atomic E-state index is 0.102. The van der Waals surface area contributed by atoms with Crippen molar-refractivity contribution in [2.24, 2.45) is 0 Å². The number of aliphatic hydroxyl groups excluding tert-OH is 1. The van der Waals surface area contributed by atoms with Crippen molar-refractivity contribution in [3.8, 4) is 5.75 Å². The number of hydrogen-bond acceptors (Lipinski definition) is 9. The molecule has 4 rings (SSSR count). The molecule has 1 saturated heterocycles. The average molecular weight is 480 g/mol. The number of aryl methyl sites for hydroxylation is 1. The molecular formula is C24H21N3O6S. The van der Waals surface area contributed by atoms with Crippen LogP contribution in [0.15, 0.2) is 54.4 Å². The van der Waals surface area contributed by atoms with Gasteiger partial charge in [0.15, 0.2) is 5.13 Å². The number of amides is 1. The van der Waals surface area contributed by atoms with Gasteiger partial charge in [0.25, 0.3) is 5.78 Å². The molecular weight excluding hydrogens is 458 g/mol. The van der Waals surface area contributed by atoms with Gasteiger partial charge in [-0.3, -0.25) is 19.5 Å². The number of aromatic nitrogens is 2. The lowest BCUT2D eigenvalue weighted by atomic mass is 9.96. The van der Waals surface area contributed by atoms with E-state index in [1.54, 1.807) is 50.2 Å². The number of hydrogen-bond donors (Lipinski definition) is 1. The van der Waals surface area contributed by atoms with Crippen LogP contribution < -0.4 is 9.64 Å². The molecule has 1 aliphatic rings. The number of ether oxygens (including phenoxy) is 2. The van der Waals surface area contributed by atoms with Gasteiger partial charge in [0.05, 0.1) is 31.0 Å². The molecule has 9 nitrogen and oxygen atoms in total. The first kappa shape index (κ1) is 23.1. The first-order valence-corrected chi connectivity index (χ1v) is 11.2. The van der Waals surface area contributed by atoms with Crippen molar-refractivity contribution in [3.63, 3.8) is 0 Å². The van der Waals surface area contributed by atoms with Crippen molar-refractivity contribution in [2.75, 3.05) is 18.6 Å². The Balaban J connectivity index is 1.90. The number of carbonyl (C=O) groups excluding carboxylic acids is 3. The van der Waals surface area contributed by atoms with Gasteiger partial charge in [-0.25, -0.2) is 9.78 Å². The number of ketones is 1. The summed E-state index contributed by atoms with van der Waals surface area (Å²) in [4.78, 5) is 48.6. The van der Waals surface area contributed by atoms with Crippen LogP contribution in [0.25, 0.3) is 5.76 Å². The van der Waals surface area contributed by atoms with Crippen LogP contribution in [-0.4, -0.2) is 46.5 Å². The maximum absolute atomic E-state index is 13.2.